The Hall–Kier alpha value is -2.78. The van der Waals surface area contributed by atoms with Crippen LogP contribution >= 0.6 is 11.6 Å². The van der Waals surface area contributed by atoms with Gasteiger partial charge in [0.2, 0.25) is 0 Å². The average molecular weight is 317 g/mol. The normalized spacial score (nSPS) is 9.82. The molecular weight excluding hydrogens is 304 g/mol. The van der Waals surface area contributed by atoms with E-state index in [0.29, 0.717) is 23.7 Å². The van der Waals surface area contributed by atoms with E-state index < -0.39 is 4.92 Å². The molecule has 0 spiro atoms. The van der Waals surface area contributed by atoms with Crippen molar-refractivity contribution >= 4 is 28.7 Å². The SMILES string of the molecule is N#Cc1cc(Cl)ccc1NCCNc1ccc([N+](=O)[O-])cc1. The first kappa shape index (κ1) is 15.6. The van der Waals surface area contributed by atoms with Crippen LogP contribution in [0.15, 0.2) is 42.5 Å². The molecule has 0 heterocycles. The van der Waals surface area contributed by atoms with Crippen molar-refractivity contribution in [1.82, 2.24) is 0 Å². The van der Waals surface area contributed by atoms with Crippen molar-refractivity contribution in [2.75, 3.05) is 23.7 Å². The predicted molar refractivity (Wildman–Crippen MR) is 86.2 cm³/mol. The first-order valence-corrected chi connectivity index (χ1v) is 6.90. The minimum absolute atomic E-state index is 0.0588. The Labute approximate surface area is 132 Å². The van der Waals surface area contributed by atoms with E-state index in [1.165, 1.54) is 12.1 Å². The smallest absolute Gasteiger partial charge is 0.269 e. The molecule has 0 saturated carbocycles. The van der Waals surface area contributed by atoms with Crippen molar-refractivity contribution in [2.45, 2.75) is 0 Å². The summed E-state index contributed by atoms with van der Waals surface area (Å²) in [6, 6.07) is 13.4. The quantitative estimate of drug-likeness (QED) is 0.482. The summed E-state index contributed by atoms with van der Waals surface area (Å²) in [5.41, 5.74) is 2.06. The van der Waals surface area contributed by atoms with E-state index in [1.807, 2.05) is 0 Å². The van der Waals surface area contributed by atoms with Gasteiger partial charge in [-0.3, -0.25) is 10.1 Å². The molecule has 0 aromatic heterocycles. The summed E-state index contributed by atoms with van der Waals surface area (Å²) >= 11 is 5.83. The Morgan fingerprint density at radius 3 is 2.45 bits per heavy atom. The Balaban J connectivity index is 1.85. The molecule has 0 amide bonds. The van der Waals surface area contributed by atoms with Crippen LogP contribution in [0.25, 0.3) is 0 Å². The average Bonchev–Trinajstić information content (AvgIpc) is 2.53. The molecule has 0 unspecified atom stereocenters. The Bertz CT molecular complexity index is 710. The van der Waals surface area contributed by atoms with Crippen LogP contribution in [-0.2, 0) is 0 Å². The van der Waals surface area contributed by atoms with Crippen molar-refractivity contribution in [3.05, 3.63) is 63.2 Å². The zero-order valence-electron chi connectivity index (χ0n) is 11.5. The van der Waals surface area contributed by atoms with E-state index in [-0.39, 0.29) is 5.69 Å². The zero-order valence-corrected chi connectivity index (χ0v) is 12.3. The summed E-state index contributed by atoms with van der Waals surface area (Å²) in [5.74, 6) is 0. The van der Waals surface area contributed by atoms with E-state index in [9.17, 15) is 10.1 Å². The fourth-order valence-electron chi connectivity index (χ4n) is 1.87. The molecule has 0 radical (unpaired) electrons. The number of halogens is 1. The third-order valence-electron chi connectivity index (χ3n) is 2.95. The minimum atomic E-state index is -0.435. The minimum Gasteiger partial charge on any atom is -0.383 e. The third-order valence-corrected chi connectivity index (χ3v) is 3.18. The van der Waals surface area contributed by atoms with Gasteiger partial charge in [0, 0.05) is 35.9 Å². The monoisotopic (exact) mass is 316 g/mol. The fraction of sp³-hybridized carbons (Fsp3) is 0.133. The molecule has 0 aliphatic heterocycles. The lowest BCUT2D eigenvalue weighted by Gasteiger charge is -2.10. The lowest BCUT2D eigenvalue weighted by molar-refractivity contribution is -0.384. The van der Waals surface area contributed by atoms with Crippen molar-refractivity contribution in [3.63, 3.8) is 0 Å². The summed E-state index contributed by atoms with van der Waals surface area (Å²) < 4.78 is 0. The van der Waals surface area contributed by atoms with Crippen LogP contribution in [0.3, 0.4) is 0 Å². The summed E-state index contributed by atoms with van der Waals surface area (Å²) in [7, 11) is 0. The van der Waals surface area contributed by atoms with Gasteiger partial charge in [-0.25, -0.2) is 0 Å². The molecule has 2 aromatic carbocycles. The molecule has 7 heteroatoms. The molecule has 0 aliphatic rings. The van der Waals surface area contributed by atoms with Gasteiger partial charge in [0.1, 0.15) is 6.07 Å². The summed E-state index contributed by atoms with van der Waals surface area (Å²) in [6.07, 6.45) is 0. The van der Waals surface area contributed by atoms with Gasteiger partial charge in [0.15, 0.2) is 0 Å². The first-order valence-electron chi connectivity index (χ1n) is 6.52. The maximum atomic E-state index is 10.6. The van der Waals surface area contributed by atoms with Crippen LogP contribution in [0.5, 0.6) is 0 Å². The van der Waals surface area contributed by atoms with E-state index in [4.69, 9.17) is 16.9 Å². The summed E-state index contributed by atoms with van der Waals surface area (Å²) in [6.45, 7) is 1.19. The van der Waals surface area contributed by atoms with Gasteiger partial charge in [0.05, 0.1) is 16.2 Å². The number of benzene rings is 2. The maximum absolute atomic E-state index is 10.6. The van der Waals surface area contributed by atoms with Gasteiger partial charge in [0.25, 0.3) is 5.69 Å². The number of nitrogens with one attached hydrogen (secondary N) is 2. The number of nitro groups is 1. The number of non-ortho nitro benzene ring substituents is 1. The highest BCUT2D eigenvalue weighted by Crippen LogP contribution is 2.19. The zero-order chi connectivity index (χ0) is 15.9. The van der Waals surface area contributed by atoms with E-state index in [2.05, 4.69) is 16.7 Å². The lowest BCUT2D eigenvalue weighted by atomic mass is 10.2. The predicted octanol–water partition coefficient (Wildman–Crippen LogP) is 3.64. The number of hydrogen-bond acceptors (Lipinski definition) is 5. The Kier molecular flexibility index (Phi) is 5.17. The van der Waals surface area contributed by atoms with Gasteiger partial charge in [-0.2, -0.15) is 5.26 Å². The molecule has 2 rings (SSSR count). The van der Waals surface area contributed by atoms with E-state index in [1.54, 1.807) is 30.3 Å². The molecule has 112 valence electrons. The molecule has 0 bridgehead atoms. The topological polar surface area (TPSA) is 91.0 Å². The van der Waals surface area contributed by atoms with Gasteiger partial charge >= 0.3 is 0 Å². The highest BCUT2D eigenvalue weighted by molar-refractivity contribution is 6.30. The van der Waals surface area contributed by atoms with E-state index in [0.717, 1.165) is 11.4 Å². The highest BCUT2D eigenvalue weighted by Gasteiger charge is 2.04. The number of nitrogens with zero attached hydrogens (tertiary/aromatic N) is 2. The lowest BCUT2D eigenvalue weighted by Crippen LogP contribution is -2.14. The molecule has 0 aliphatic carbocycles. The number of hydrogen-bond donors (Lipinski definition) is 2. The molecule has 22 heavy (non-hydrogen) atoms. The fourth-order valence-corrected chi connectivity index (χ4v) is 2.04. The van der Waals surface area contributed by atoms with Gasteiger partial charge < -0.3 is 10.6 Å². The molecule has 0 atom stereocenters. The number of anilines is 2. The first-order chi connectivity index (χ1) is 10.6. The second kappa shape index (κ2) is 7.29. The maximum Gasteiger partial charge on any atom is 0.269 e. The van der Waals surface area contributed by atoms with Crippen molar-refractivity contribution in [1.29, 1.82) is 5.26 Å². The van der Waals surface area contributed by atoms with Crippen LogP contribution < -0.4 is 10.6 Å². The summed E-state index contributed by atoms with van der Waals surface area (Å²) in [4.78, 5) is 10.1. The summed E-state index contributed by atoms with van der Waals surface area (Å²) in [5, 5.41) is 26.4. The number of nitro benzene ring substituents is 1. The molecular formula is C15H13ClN4O2. The van der Waals surface area contributed by atoms with Crippen molar-refractivity contribution in [3.8, 4) is 6.07 Å². The van der Waals surface area contributed by atoms with Gasteiger partial charge in [-0.05, 0) is 30.3 Å². The second-order valence-electron chi connectivity index (χ2n) is 4.46. The van der Waals surface area contributed by atoms with E-state index >= 15 is 0 Å². The van der Waals surface area contributed by atoms with Crippen LogP contribution in [0.4, 0.5) is 17.1 Å². The molecule has 0 fully saturated rings. The highest BCUT2D eigenvalue weighted by atomic mass is 35.5. The second-order valence-corrected chi connectivity index (χ2v) is 4.90. The van der Waals surface area contributed by atoms with Crippen molar-refractivity contribution in [2.24, 2.45) is 0 Å². The molecule has 6 nitrogen and oxygen atoms in total. The standard InChI is InChI=1S/C15H13ClN4O2/c16-12-1-6-15(11(9-12)10-17)19-8-7-18-13-2-4-14(5-3-13)20(21)22/h1-6,9,18-19H,7-8H2. The van der Waals surface area contributed by atoms with Crippen LogP contribution in [0.2, 0.25) is 5.02 Å². The molecule has 2 aromatic rings. The van der Waals surface area contributed by atoms with Crippen molar-refractivity contribution < 1.29 is 4.92 Å². The van der Waals surface area contributed by atoms with Gasteiger partial charge in [-0.15, -0.1) is 0 Å². The molecule has 0 saturated heterocycles. The number of rotatable bonds is 6. The van der Waals surface area contributed by atoms with Crippen LogP contribution in [0, 0.1) is 21.4 Å². The third kappa shape index (κ3) is 4.11. The molecule has 2 N–H and O–H groups in total. The Morgan fingerprint density at radius 2 is 1.82 bits per heavy atom. The van der Waals surface area contributed by atoms with Crippen LogP contribution in [-0.4, -0.2) is 18.0 Å². The Morgan fingerprint density at radius 1 is 1.14 bits per heavy atom. The van der Waals surface area contributed by atoms with Crippen LogP contribution in [0.1, 0.15) is 5.56 Å². The number of nitriles is 1. The largest absolute Gasteiger partial charge is 0.383 e. The van der Waals surface area contributed by atoms with Gasteiger partial charge in [-0.1, -0.05) is 11.6 Å².